The molecule has 1 aromatic carbocycles. The minimum absolute atomic E-state index is 0.00634. The summed E-state index contributed by atoms with van der Waals surface area (Å²) < 4.78 is 35.8. The Hall–Kier alpha value is -2.37. The molecule has 0 spiro atoms. The molecule has 0 radical (unpaired) electrons. The van der Waals surface area contributed by atoms with Crippen molar-refractivity contribution in [2.24, 2.45) is 0 Å². The normalized spacial score (nSPS) is 15.2. The summed E-state index contributed by atoms with van der Waals surface area (Å²) in [5, 5.41) is 6.43. The van der Waals surface area contributed by atoms with Crippen LogP contribution in [0.25, 0.3) is 0 Å². The van der Waals surface area contributed by atoms with Gasteiger partial charge in [0.15, 0.2) is 5.00 Å². The molecule has 0 atom stereocenters. The number of carbonyl (C=O) groups is 2. The molecule has 1 fully saturated rings. The molecule has 0 saturated heterocycles. The number of hydrogen-bond donors (Lipinski definition) is 1. The number of anilines is 1. The molecule has 1 aromatic heterocycles. The van der Waals surface area contributed by atoms with Gasteiger partial charge in [-0.2, -0.15) is 4.31 Å². The highest BCUT2D eigenvalue weighted by Gasteiger charge is 2.29. The van der Waals surface area contributed by atoms with Gasteiger partial charge in [0.1, 0.15) is 0 Å². The van der Waals surface area contributed by atoms with Crippen LogP contribution in [0.3, 0.4) is 0 Å². The van der Waals surface area contributed by atoms with Gasteiger partial charge in [0.05, 0.1) is 11.5 Å². The molecule has 1 aliphatic rings. The van der Waals surface area contributed by atoms with E-state index >= 15 is 0 Å². The number of ether oxygens (including phenoxy) is 1. The first-order valence-corrected chi connectivity index (χ1v) is 11.9. The summed E-state index contributed by atoms with van der Waals surface area (Å²) in [6.07, 6.45) is 4.93. The van der Waals surface area contributed by atoms with E-state index < -0.39 is 21.9 Å². The first-order valence-electron chi connectivity index (χ1n) is 9.73. The van der Waals surface area contributed by atoms with Gasteiger partial charge in [0.2, 0.25) is 15.7 Å². The highest BCUT2D eigenvalue weighted by Crippen LogP contribution is 2.27. The van der Waals surface area contributed by atoms with Crippen LogP contribution in [-0.2, 0) is 14.8 Å². The van der Waals surface area contributed by atoms with Crippen LogP contribution in [0.4, 0.5) is 5.00 Å². The summed E-state index contributed by atoms with van der Waals surface area (Å²) >= 11 is 0.857. The third-order valence-electron chi connectivity index (χ3n) is 5.07. The maximum absolute atomic E-state index is 12.9. The smallest absolute Gasteiger partial charge is 0.362 e. The van der Waals surface area contributed by atoms with Crippen molar-refractivity contribution in [1.82, 2.24) is 13.9 Å². The van der Waals surface area contributed by atoms with E-state index in [-0.39, 0.29) is 33.8 Å². The Bertz CT molecular complexity index is 998. The molecule has 2 aromatic rings. The lowest BCUT2D eigenvalue weighted by Gasteiger charge is -2.30. The van der Waals surface area contributed by atoms with Gasteiger partial charge in [0.25, 0.3) is 5.91 Å². The first kappa shape index (κ1) is 22.3. The van der Waals surface area contributed by atoms with Crippen molar-refractivity contribution in [3.05, 3.63) is 35.5 Å². The maximum atomic E-state index is 12.9. The Morgan fingerprint density at radius 3 is 2.50 bits per heavy atom. The van der Waals surface area contributed by atoms with E-state index in [1.165, 1.54) is 28.6 Å². The third-order valence-corrected chi connectivity index (χ3v) is 7.63. The average Bonchev–Trinajstić information content (AvgIpc) is 3.22. The van der Waals surface area contributed by atoms with Gasteiger partial charge in [-0.1, -0.05) is 23.8 Å². The highest BCUT2D eigenvalue weighted by molar-refractivity contribution is 7.89. The van der Waals surface area contributed by atoms with E-state index in [0.29, 0.717) is 0 Å². The van der Waals surface area contributed by atoms with Gasteiger partial charge in [-0.3, -0.25) is 4.79 Å². The molecule has 0 bridgehead atoms. The quantitative estimate of drug-likeness (QED) is 0.642. The predicted octanol–water partition coefficient (Wildman–Crippen LogP) is 2.92. The number of aromatic nitrogens is 2. The molecule has 1 amide bonds. The second-order valence-corrected chi connectivity index (χ2v) is 9.71. The zero-order chi connectivity index (χ0) is 21.7. The molecule has 9 nitrogen and oxygen atoms in total. The third kappa shape index (κ3) is 4.85. The number of benzene rings is 1. The number of rotatable bonds is 7. The molecule has 1 heterocycles. The standard InChI is InChI=1S/C19H24N4O5S2/c1-3-28-19(25)16-18(29-22-21-16)20-17(24)13-9-11-15(12-10-13)30(26,27)23(2)14-7-5-4-6-8-14/h9-12,14H,3-8H2,1-2H3,(H,20,24). The van der Waals surface area contributed by atoms with Crippen LogP contribution in [0.1, 0.15) is 59.9 Å². The molecule has 1 N–H and O–H groups in total. The van der Waals surface area contributed by atoms with Crippen molar-refractivity contribution in [2.75, 3.05) is 19.0 Å². The summed E-state index contributed by atoms with van der Waals surface area (Å²) in [5.41, 5.74) is 0.181. The van der Waals surface area contributed by atoms with Crippen molar-refractivity contribution in [3.8, 4) is 0 Å². The largest absolute Gasteiger partial charge is 0.461 e. The Labute approximate surface area is 179 Å². The van der Waals surface area contributed by atoms with Gasteiger partial charge in [0, 0.05) is 30.2 Å². The van der Waals surface area contributed by atoms with Crippen molar-refractivity contribution in [3.63, 3.8) is 0 Å². The van der Waals surface area contributed by atoms with Crippen LogP contribution in [0.15, 0.2) is 29.2 Å². The number of carbonyl (C=O) groups excluding carboxylic acids is 2. The summed E-state index contributed by atoms with van der Waals surface area (Å²) in [5.74, 6) is -1.18. The van der Waals surface area contributed by atoms with Crippen LogP contribution in [-0.4, -0.2) is 53.9 Å². The number of nitrogens with zero attached hydrogens (tertiary/aromatic N) is 3. The summed E-state index contributed by atoms with van der Waals surface area (Å²) in [6, 6.07) is 5.72. The number of sulfonamides is 1. The molecular weight excluding hydrogens is 428 g/mol. The molecular formula is C19H24N4O5S2. The van der Waals surface area contributed by atoms with Crippen LogP contribution in [0, 0.1) is 0 Å². The van der Waals surface area contributed by atoms with E-state index in [0.717, 1.165) is 43.6 Å². The second-order valence-electron chi connectivity index (χ2n) is 6.96. The number of nitrogens with one attached hydrogen (secondary N) is 1. The van der Waals surface area contributed by atoms with Crippen LogP contribution in [0.2, 0.25) is 0 Å². The summed E-state index contributed by atoms with van der Waals surface area (Å²) in [4.78, 5) is 24.5. The monoisotopic (exact) mass is 452 g/mol. The van der Waals surface area contributed by atoms with Crippen molar-refractivity contribution in [1.29, 1.82) is 0 Å². The predicted molar refractivity (Wildman–Crippen MR) is 112 cm³/mol. The fourth-order valence-corrected chi connectivity index (χ4v) is 5.34. The van der Waals surface area contributed by atoms with Gasteiger partial charge in [-0.25, -0.2) is 13.2 Å². The highest BCUT2D eigenvalue weighted by atomic mass is 32.2. The van der Waals surface area contributed by atoms with Gasteiger partial charge in [-0.15, -0.1) is 5.10 Å². The van der Waals surface area contributed by atoms with Gasteiger partial charge >= 0.3 is 5.97 Å². The molecule has 30 heavy (non-hydrogen) atoms. The van der Waals surface area contributed by atoms with E-state index in [2.05, 4.69) is 14.9 Å². The molecule has 162 valence electrons. The van der Waals surface area contributed by atoms with Gasteiger partial charge in [-0.05, 0) is 44.0 Å². The molecule has 0 unspecified atom stereocenters. The lowest BCUT2D eigenvalue weighted by Crippen LogP contribution is -2.38. The van der Waals surface area contributed by atoms with E-state index in [9.17, 15) is 18.0 Å². The number of hydrogen-bond acceptors (Lipinski definition) is 8. The molecule has 3 rings (SSSR count). The molecule has 11 heteroatoms. The lowest BCUT2D eigenvalue weighted by molar-refractivity contribution is 0.0520. The fourth-order valence-electron chi connectivity index (χ4n) is 3.37. The van der Waals surface area contributed by atoms with Crippen LogP contribution in [0.5, 0.6) is 0 Å². The Kier molecular flexibility index (Phi) is 7.16. The Balaban J connectivity index is 1.72. The minimum Gasteiger partial charge on any atom is -0.461 e. The van der Waals surface area contributed by atoms with E-state index in [1.807, 2.05) is 0 Å². The van der Waals surface area contributed by atoms with Crippen LogP contribution >= 0.6 is 11.5 Å². The van der Waals surface area contributed by atoms with Gasteiger partial charge < -0.3 is 10.1 Å². The lowest BCUT2D eigenvalue weighted by atomic mass is 9.96. The van der Waals surface area contributed by atoms with Crippen molar-refractivity contribution >= 4 is 38.4 Å². The molecule has 1 aliphatic carbocycles. The average molecular weight is 453 g/mol. The van der Waals surface area contributed by atoms with Crippen molar-refractivity contribution < 1.29 is 22.7 Å². The topological polar surface area (TPSA) is 119 Å². The summed E-state index contributed by atoms with van der Waals surface area (Å²) in [6.45, 7) is 1.84. The first-order chi connectivity index (χ1) is 14.3. The summed E-state index contributed by atoms with van der Waals surface area (Å²) in [7, 11) is -2.02. The fraction of sp³-hybridized carbons (Fsp3) is 0.474. The molecule has 1 saturated carbocycles. The number of esters is 1. The zero-order valence-corrected chi connectivity index (χ0v) is 18.5. The zero-order valence-electron chi connectivity index (χ0n) is 16.8. The van der Waals surface area contributed by atoms with E-state index in [1.54, 1.807) is 14.0 Å². The Morgan fingerprint density at radius 1 is 1.20 bits per heavy atom. The SMILES string of the molecule is CCOC(=O)c1nnsc1NC(=O)c1ccc(S(=O)(=O)N(C)C2CCCCC2)cc1. The second kappa shape index (κ2) is 9.63. The Morgan fingerprint density at radius 2 is 1.87 bits per heavy atom. The van der Waals surface area contributed by atoms with Crippen molar-refractivity contribution in [2.45, 2.75) is 50.0 Å². The number of amides is 1. The molecule has 0 aliphatic heterocycles. The van der Waals surface area contributed by atoms with Crippen LogP contribution < -0.4 is 5.32 Å². The minimum atomic E-state index is -3.63. The van der Waals surface area contributed by atoms with E-state index in [4.69, 9.17) is 4.74 Å². The maximum Gasteiger partial charge on any atom is 0.362 e.